The Balaban J connectivity index is 0.00000225. The second kappa shape index (κ2) is 9.06. The zero-order valence-electron chi connectivity index (χ0n) is 13.8. The van der Waals surface area contributed by atoms with E-state index >= 15 is 0 Å². The van der Waals surface area contributed by atoms with Crippen LogP contribution in [0, 0.1) is 6.92 Å². The Morgan fingerprint density at radius 2 is 1.92 bits per heavy atom. The van der Waals surface area contributed by atoms with Crippen molar-refractivity contribution in [3.05, 3.63) is 55.1 Å². The van der Waals surface area contributed by atoms with Gasteiger partial charge in [0.25, 0.3) is 5.91 Å². The molecule has 0 radical (unpaired) electrons. The van der Waals surface area contributed by atoms with Crippen molar-refractivity contribution in [3.63, 3.8) is 0 Å². The van der Waals surface area contributed by atoms with Crippen molar-refractivity contribution in [1.29, 1.82) is 0 Å². The number of imide groups is 1. The Kier molecular flexibility index (Phi) is 7.08. The average Bonchev–Trinajstić information content (AvgIpc) is 3.17. The number of urea groups is 1. The van der Waals surface area contributed by atoms with E-state index in [0.717, 1.165) is 16.3 Å². The first-order valence-corrected chi connectivity index (χ1v) is 7.79. The molecule has 0 atom stereocenters. The summed E-state index contributed by atoms with van der Waals surface area (Å²) in [6.07, 6.45) is 2.81. The molecule has 1 saturated heterocycles. The summed E-state index contributed by atoms with van der Waals surface area (Å²) >= 11 is 0. The van der Waals surface area contributed by atoms with E-state index in [9.17, 15) is 9.59 Å². The molecule has 1 fully saturated rings. The van der Waals surface area contributed by atoms with E-state index in [2.05, 4.69) is 12.0 Å². The van der Waals surface area contributed by atoms with Crippen molar-refractivity contribution in [2.45, 2.75) is 12.8 Å². The minimum atomic E-state index is -0.403. The number of nitrogens with zero attached hydrogens (tertiary/aromatic N) is 3. The largest absolute Gasteiger partial charge is 3.00 e. The molecule has 1 aromatic carbocycles. The molecule has 6 nitrogen and oxygen atoms in total. The van der Waals surface area contributed by atoms with Gasteiger partial charge in [-0.05, 0) is 12.1 Å². The molecule has 0 spiro atoms. The molecule has 124 valence electrons. The predicted molar refractivity (Wildman–Crippen MR) is 90.1 cm³/mol. The summed E-state index contributed by atoms with van der Waals surface area (Å²) in [6, 6.07) is 12.9. The third-order valence-corrected chi connectivity index (χ3v) is 3.68. The molecular formula is C18H18N3O3Y+2. The normalized spacial score (nSPS) is 14.4. The topological polar surface area (TPSA) is 66.1 Å². The van der Waals surface area contributed by atoms with Gasteiger partial charge in [-0.25, -0.2) is 9.80 Å². The van der Waals surface area contributed by atoms with Crippen LogP contribution in [-0.4, -0.2) is 41.2 Å². The number of carbonyl (C=O) groups excluding carboxylic acids is 2. The number of hydrogen-bond donors (Lipinski definition) is 0. The van der Waals surface area contributed by atoms with Crippen molar-refractivity contribution in [2.24, 2.45) is 5.10 Å². The summed E-state index contributed by atoms with van der Waals surface area (Å²) in [6.45, 7) is 4.05. The monoisotopic (exact) mass is 413 g/mol. The van der Waals surface area contributed by atoms with Crippen LogP contribution in [0.1, 0.15) is 18.6 Å². The second-order valence-electron chi connectivity index (χ2n) is 5.41. The first-order chi connectivity index (χ1) is 11.7. The molecule has 3 amide bonds. The Morgan fingerprint density at radius 1 is 1.16 bits per heavy atom. The van der Waals surface area contributed by atoms with Crippen LogP contribution in [0.15, 0.2) is 52.0 Å². The third kappa shape index (κ3) is 4.64. The van der Waals surface area contributed by atoms with Crippen molar-refractivity contribution in [3.8, 4) is 11.3 Å². The molecule has 0 bridgehead atoms. The van der Waals surface area contributed by atoms with Crippen molar-refractivity contribution < 1.29 is 46.7 Å². The number of unbranched alkanes of at least 4 members (excludes halogenated alkanes) is 1. The fourth-order valence-electron chi connectivity index (χ4n) is 2.41. The molecule has 2 aromatic rings. The van der Waals surface area contributed by atoms with Crippen LogP contribution in [0.25, 0.3) is 11.3 Å². The van der Waals surface area contributed by atoms with Crippen LogP contribution in [0.4, 0.5) is 4.79 Å². The Labute approximate surface area is 171 Å². The van der Waals surface area contributed by atoms with Crippen molar-refractivity contribution >= 4 is 18.2 Å². The SMILES string of the molecule is [CH2-]CCCN1C(=O)CN(/N=C/c2ccc(-c3ccccc3)o2)C1=O.[Y+3]. The molecule has 3 rings (SSSR count). The van der Waals surface area contributed by atoms with Crippen LogP contribution < -0.4 is 0 Å². The quantitative estimate of drug-likeness (QED) is 0.415. The van der Waals surface area contributed by atoms with Crippen LogP contribution in [0.3, 0.4) is 0 Å². The smallest absolute Gasteiger partial charge is 0.455 e. The number of carbonyl (C=O) groups is 2. The fraction of sp³-hybridized carbons (Fsp3) is 0.222. The van der Waals surface area contributed by atoms with Crippen LogP contribution in [-0.2, 0) is 37.5 Å². The average molecular weight is 413 g/mol. The summed E-state index contributed by atoms with van der Waals surface area (Å²) in [5.41, 5.74) is 0.962. The minimum Gasteiger partial charge on any atom is -0.455 e. The summed E-state index contributed by atoms with van der Waals surface area (Å²) in [7, 11) is 0. The summed E-state index contributed by atoms with van der Waals surface area (Å²) in [5.74, 6) is 0.998. The molecule has 7 heteroatoms. The molecule has 0 unspecified atom stereocenters. The van der Waals surface area contributed by atoms with Gasteiger partial charge in [0.1, 0.15) is 18.1 Å². The maximum atomic E-state index is 12.1. The van der Waals surface area contributed by atoms with Crippen molar-refractivity contribution in [1.82, 2.24) is 9.91 Å². The van der Waals surface area contributed by atoms with E-state index in [0.29, 0.717) is 25.1 Å². The molecule has 0 N–H and O–H groups in total. The summed E-state index contributed by atoms with van der Waals surface area (Å²) < 4.78 is 5.69. The van der Waals surface area contributed by atoms with Crippen molar-refractivity contribution in [2.75, 3.05) is 13.1 Å². The summed E-state index contributed by atoms with van der Waals surface area (Å²) in [4.78, 5) is 25.2. The molecule has 1 aliphatic rings. The fourth-order valence-corrected chi connectivity index (χ4v) is 2.41. The standard InChI is InChI=1S/C18H18N3O3.Y/c1-2-3-11-20-17(22)13-21(18(20)23)19-12-15-9-10-16(24-15)14-7-5-4-6-8-14;/h4-10,12H,1-3,11,13H2;/q-1;+3/b19-12+;. The molecule has 0 saturated carbocycles. The number of hydrogen-bond acceptors (Lipinski definition) is 4. The van der Waals surface area contributed by atoms with E-state index < -0.39 is 6.03 Å². The Bertz CT molecular complexity index is 758. The van der Waals surface area contributed by atoms with Gasteiger partial charge in [0.15, 0.2) is 0 Å². The Hall–Kier alpha value is -1.79. The number of furan rings is 1. The molecule has 0 aliphatic carbocycles. The van der Waals surface area contributed by atoms with Gasteiger partial charge in [0, 0.05) is 12.1 Å². The van der Waals surface area contributed by atoms with Crippen LogP contribution in [0.5, 0.6) is 0 Å². The van der Waals surface area contributed by atoms with Gasteiger partial charge in [0.2, 0.25) is 0 Å². The number of hydrazone groups is 1. The molecule has 1 aliphatic heterocycles. The minimum absolute atomic E-state index is 0. The first-order valence-electron chi connectivity index (χ1n) is 7.79. The first kappa shape index (κ1) is 19.5. The number of amides is 3. The van der Waals surface area contributed by atoms with Gasteiger partial charge in [-0.2, -0.15) is 11.5 Å². The van der Waals surface area contributed by atoms with Gasteiger partial charge in [-0.3, -0.25) is 9.69 Å². The van der Waals surface area contributed by atoms with Crippen LogP contribution >= 0.6 is 0 Å². The maximum Gasteiger partial charge on any atom is 3.00 e. The molecule has 2 heterocycles. The number of rotatable bonds is 6. The maximum absolute atomic E-state index is 12.1. The summed E-state index contributed by atoms with van der Waals surface area (Å²) in [5, 5.41) is 5.23. The van der Waals surface area contributed by atoms with E-state index in [1.165, 1.54) is 11.1 Å². The van der Waals surface area contributed by atoms with E-state index in [1.807, 2.05) is 36.4 Å². The Morgan fingerprint density at radius 3 is 2.64 bits per heavy atom. The van der Waals surface area contributed by atoms with Gasteiger partial charge in [-0.15, -0.1) is 0 Å². The van der Waals surface area contributed by atoms with E-state index in [4.69, 9.17) is 4.42 Å². The third-order valence-electron chi connectivity index (χ3n) is 3.68. The zero-order valence-corrected chi connectivity index (χ0v) is 16.6. The van der Waals surface area contributed by atoms with E-state index in [-0.39, 0.29) is 45.2 Å². The zero-order chi connectivity index (χ0) is 16.9. The van der Waals surface area contributed by atoms with Gasteiger partial charge in [0.05, 0.1) is 6.21 Å². The van der Waals surface area contributed by atoms with Gasteiger partial charge >= 0.3 is 38.7 Å². The van der Waals surface area contributed by atoms with E-state index in [1.54, 1.807) is 6.07 Å². The van der Waals surface area contributed by atoms with Gasteiger partial charge in [-0.1, -0.05) is 36.8 Å². The number of benzene rings is 1. The van der Waals surface area contributed by atoms with Gasteiger partial charge < -0.3 is 11.3 Å². The molecular weight excluding hydrogens is 395 g/mol. The molecule has 1 aromatic heterocycles. The van der Waals surface area contributed by atoms with Crippen LogP contribution in [0.2, 0.25) is 0 Å². The predicted octanol–water partition coefficient (Wildman–Crippen LogP) is 3.16. The second-order valence-corrected chi connectivity index (χ2v) is 5.41. The molecule has 25 heavy (non-hydrogen) atoms.